The third kappa shape index (κ3) is 7.44. The fraction of sp³-hybridized carbons (Fsp3) is 0.520. The standard InChI is InChI=1S/C24H31ClO5.CH4O/c1-4-28-19-8-5-16(6-9-19)11-18-12-17(7-10-20(18)25)22-13-21(26)24(27)23(30-22)14-29-15(2)3;1-2/h5-10,12,15,21-24,26-27H,4,11,13-14H2,1-3H3;2H,1H3/t21?,22?,23?,24-;/m0./s1. The zero-order valence-electron chi connectivity index (χ0n) is 19.2. The van der Waals surface area contributed by atoms with Gasteiger partial charge in [-0.1, -0.05) is 35.9 Å². The number of hydrogen-bond acceptors (Lipinski definition) is 6. The minimum Gasteiger partial charge on any atom is -0.494 e. The van der Waals surface area contributed by atoms with Gasteiger partial charge < -0.3 is 29.5 Å². The van der Waals surface area contributed by atoms with Gasteiger partial charge >= 0.3 is 0 Å². The molecule has 0 aromatic heterocycles. The van der Waals surface area contributed by atoms with E-state index < -0.39 is 18.3 Å². The third-order valence-corrected chi connectivity index (χ3v) is 5.60. The largest absolute Gasteiger partial charge is 0.494 e. The highest BCUT2D eigenvalue weighted by atomic mass is 35.5. The molecule has 1 fully saturated rings. The summed E-state index contributed by atoms with van der Waals surface area (Å²) in [5, 5.41) is 28.3. The second kappa shape index (κ2) is 13.1. The van der Waals surface area contributed by atoms with Crippen LogP contribution < -0.4 is 4.74 Å². The Labute approximate surface area is 195 Å². The van der Waals surface area contributed by atoms with E-state index in [4.69, 9.17) is 30.9 Å². The molecule has 6 nitrogen and oxygen atoms in total. The smallest absolute Gasteiger partial charge is 0.119 e. The summed E-state index contributed by atoms with van der Waals surface area (Å²) in [6, 6.07) is 13.8. The summed E-state index contributed by atoms with van der Waals surface area (Å²) in [5.41, 5.74) is 3.04. The minimum atomic E-state index is -0.962. The predicted octanol–water partition coefficient (Wildman–Crippen LogP) is 3.91. The number of ether oxygens (including phenoxy) is 3. The maximum absolute atomic E-state index is 10.4. The summed E-state index contributed by atoms with van der Waals surface area (Å²) >= 11 is 6.46. The molecule has 1 aliphatic rings. The van der Waals surface area contributed by atoms with E-state index in [-0.39, 0.29) is 18.8 Å². The van der Waals surface area contributed by atoms with Gasteiger partial charge in [-0.3, -0.25) is 0 Å². The third-order valence-electron chi connectivity index (χ3n) is 5.23. The van der Waals surface area contributed by atoms with Crippen molar-refractivity contribution in [2.75, 3.05) is 20.3 Å². The van der Waals surface area contributed by atoms with Crippen LogP contribution in [0.4, 0.5) is 0 Å². The normalized spacial score (nSPS) is 22.9. The Morgan fingerprint density at radius 2 is 1.78 bits per heavy atom. The molecule has 178 valence electrons. The van der Waals surface area contributed by atoms with E-state index in [0.29, 0.717) is 24.5 Å². The number of hydrogen-bond donors (Lipinski definition) is 3. The summed E-state index contributed by atoms with van der Waals surface area (Å²) in [6.07, 6.45) is -1.72. The van der Waals surface area contributed by atoms with E-state index in [2.05, 4.69) is 0 Å². The van der Waals surface area contributed by atoms with Crippen LogP contribution in [-0.2, 0) is 15.9 Å². The summed E-state index contributed by atoms with van der Waals surface area (Å²) in [7, 11) is 1.00. The van der Waals surface area contributed by atoms with Crippen molar-refractivity contribution in [3.8, 4) is 5.75 Å². The highest BCUT2D eigenvalue weighted by molar-refractivity contribution is 6.31. The van der Waals surface area contributed by atoms with Crippen molar-refractivity contribution in [3.05, 3.63) is 64.2 Å². The molecule has 0 bridgehead atoms. The topological polar surface area (TPSA) is 88.4 Å². The summed E-state index contributed by atoms with van der Waals surface area (Å²) in [4.78, 5) is 0. The maximum Gasteiger partial charge on any atom is 0.119 e. The Bertz CT molecular complexity index is 811. The number of aliphatic hydroxyl groups is 3. The molecule has 0 spiro atoms. The van der Waals surface area contributed by atoms with E-state index in [0.717, 1.165) is 29.5 Å². The number of halogens is 1. The number of rotatable bonds is 8. The molecule has 3 rings (SSSR count). The molecule has 7 heteroatoms. The highest BCUT2D eigenvalue weighted by Crippen LogP contribution is 2.34. The summed E-state index contributed by atoms with van der Waals surface area (Å²) in [6.45, 7) is 6.68. The first-order valence-corrected chi connectivity index (χ1v) is 11.3. The van der Waals surface area contributed by atoms with Crippen molar-refractivity contribution < 1.29 is 29.5 Å². The number of benzene rings is 2. The van der Waals surface area contributed by atoms with Gasteiger partial charge in [0.2, 0.25) is 0 Å². The fourth-order valence-corrected chi connectivity index (χ4v) is 3.80. The summed E-state index contributed by atoms with van der Waals surface area (Å²) < 4.78 is 17.2. The molecule has 4 atom stereocenters. The summed E-state index contributed by atoms with van der Waals surface area (Å²) in [5.74, 6) is 0.846. The van der Waals surface area contributed by atoms with Gasteiger partial charge in [0, 0.05) is 18.6 Å². The average Bonchev–Trinajstić information content (AvgIpc) is 2.79. The molecule has 2 aromatic carbocycles. The van der Waals surface area contributed by atoms with Gasteiger partial charge in [-0.15, -0.1) is 0 Å². The van der Waals surface area contributed by atoms with Crippen LogP contribution in [-0.4, -0.2) is 60.1 Å². The van der Waals surface area contributed by atoms with Gasteiger partial charge in [0.25, 0.3) is 0 Å². The van der Waals surface area contributed by atoms with Gasteiger partial charge in [-0.05, 0) is 62.1 Å². The Morgan fingerprint density at radius 1 is 1.09 bits per heavy atom. The second-order valence-electron chi connectivity index (χ2n) is 7.94. The molecule has 2 aromatic rings. The second-order valence-corrected chi connectivity index (χ2v) is 8.35. The van der Waals surface area contributed by atoms with Gasteiger partial charge in [-0.25, -0.2) is 0 Å². The molecular weight excluding hydrogens is 432 g/mol. The van der Waals surface area contributed by atoms with E-state index in [1.807, 2.05) is 63.2 Å². The maximum atomic E-state index is 10.4. The Morgan fingerprint density at radius 3 is 2.41 bits per heavy atom. The molecule has 1 heterocycles. The van der Waals surface area contributed by atoms with Crippen molar-refractivity contribution in [3.63, 3.8) is 0 Å². The van der Waals surface area contributed by atoms with E-state index >= 15 is 0 Å². The van der Waals surface area contributed by atoms with Gasteiger partial charge in [-0.2, -0.15) is 0 Å². The Hall–Kier alpha value is -1.67. The fourth-order valence-electron chi connectivity index (χ4n) is 3.61. The molecule has 3 N–H and O–H groups in total. The zero-order chi connectivity index (χ0) is 23.7. The van der Waals surface area contributed by atoms with E-state index in [9.17, 15) is 10.2 Å². The molecule has 0 saturated carbocycles. The van der Waals surface area contributed by atoms with Crippen LogP contribution in [0.1, 0.15) is 50.0 Å². The van der Waals surface area contributed by atoms with Gasteiger partial charge in [0.1, 0.15) is 18.0 Å². The zero-order valence-corrected chi connectivity index (χ0v) is 20.0. The average molecular weight is 467 g/mol. The highest BCUT2D eigenvalue weighted by Gasteiger charge is 2.37. The van der Waals surface area contributed by atoms with Crippen LogP contribution in [0.25, 0.3) is 0 Å². The molecule has 0 radical (unpaired) electrons. The molecular formula is C25H35ClO6. The number of aliphatic hydroxyl groups excluding tert-OH is 3. The van der Waals surface area contributed by atoms with Crippen LogP contribution in [0.15, 0.2) is 42.5 Å². The molecule has 0 aliphatic carbocycles. The van der Waals surface area contributed by atoms with Crippen LogP contribution in [0.3, 0.4) is 0 Å². The predicted molar refractivity (Wildman–Crippen MR) is 125 cm³/mol. The van der Waals surface area contributed by atoms with E-state index in [1.165, 1.54) is 0 Å². The first-order chi connectivity index (χ1) is 15.4. The van der Waals surface area contributed by atoms with Crippen LogP contribution in [0.5, 0.6) is 5.75 Å². The SMILES string of the molecule is CCOc1ccc(Cc2cc(C3CC(O)[C@H](O)C(COC(C)C)O3)ccc2Cl)cc1.CO. The van der Waals surface area contributed by atoms with E-state index in [1.54, 1.807) is 0 Å². The molecule has 3 unspecified atom stereocenters. The Kier molecular flexibility index (Phi) is 10.9. The van der Waals surface area contributed by atoms with Crippen molar-refractivity contribution in [1.29, 1.82) is 0 Å². The van der Waals surface area contributed by atoms with Crippen molar-refractivity contribution >= 4 is 11.6 Å². The van der Waals surface area contributed by atoms with Crippen LogP contribution >= 0.6 is 11.6 Å². The lowest BCUT2D eigenvalue weighted by Crippen LogP contribution is -2.48. The quantitative estimate of drug-likeness (QED) is 0.546. The molecule has 1 aliphatic heterocycles. The Balaban J connectivity index is 0.00000176. The lowest BCUT2D eigenvalue weighted by molar-refractivity contribution is -0.190. The lowest BCUT2D eigenvalue weighted by atomic mass is 9.92. The molecule has 1 saturated heterocycles. The van der Waals surface area contributed by atoms with Crippen molar-refractivity contribution in [2.24, 2.45) is 0 Å². The molecule has 32 heavy (non-hydrogen) atoms. The van der Waals surface area contributed by atoms with Gasteiger partial charge in [0.05, 0.1) is 31.5 Å². The first kappa shape index (κ1) is 26.6. The molecule has 0 amide bonds. The monoisotopic (exact) mass is 466 g/mol. The van der Waals surface area contributed by atoms with Crippen LogP contribution in [0.2, 0.25) is 5.02 Å². The van der Waals surface area contributed by atoms with Crippen molar-refractivity contribution in [1.82, 2.24) is 0 Å². The first-order valence-electron chi connectivity index (χ1n) is 10.9. The van der Waals surface area contributed by atoms with Crippen molar-refractivity contribution in [2.45, 2.75) is 64.1 Å². The van der Waals surface area contributed by atoms with Crippen LogP contribution in [0, 0.1) is 0 Å². The lowest BCUT2D eigenvalue weighted by Gasteiger charge is -2.37. The minimum absolute atomic E-state index is 0.0227. The van der Waals surface area contributed by atoms with Gasteiger partial charge in [0.15, 0.2) is 0 Å².